The number of hydrogen-bond acceptors (Lipinski definition) is 4. The Bertz CT molecular complexity index is 972. The maximum absolute atomic E-state index is 13.2. The predicted molar refractivity (Wildman–Crippen MR) is 120 cm³/mol. The number of nitrogens with zero attached hydrogens (tertiary/aromatic N) is 2. The maximum Gasteiger partial charge on any atom is 0.262 e. The van der Waals surface area contributed by atoms with Crippen LogP contribution in [0.5, 0.6) is 0 Å². The molecule has 1 aliphatic carbocycles. The van der Waals surface area contributed by atoms with Gasteiger partial charge in [0.1, 0.15) is 0 Å². The Morgan fingerprint density at radius 3 is 2.72 bits per heavy atom. The number of rotatable bonds is 6. The lowest BCUT2D eigenvalue weighted by Crippen LogP contribution is -2.44. The summed E-state index contributed by atoms with van der Waals surface area (Å²) in [5.74, 6) is -0.0496. The predicted octanol–water partition coefficient (Wildman–Crippen LogP) is 4.68. The molecule has 0 fully saturated rings. The molecule has 6 heteroatoms. The van der Waals surface area contributed by atoms with Crippen molar-refractivity contribution in [2.75, 3.05) is 0 Å². The van der Waals surface area contributed by atoms with Crippen molar-refractivity contribution in [3.05, 3.63) is 46.3 Å². The molecule has 29 heavy (non-hydrogen) atoms. The Kier molecular flexibility index (Phi) is 6.83. The number of carbonyl (C=O) groups is 1. The zero-order chi connectivity index (χ0) is 21.0. The highest BCUT2D eigenvalue weighted by atomic mass is 32.2. The van der Waals surface area contributed by atoms with Gasteiger partial charge in [-0.3, -0.25) is 14.2 Å². The number of carbonyl (C=O) groups excluding carboxylic acids is 1. The zero-order valence-electron chi connectivity index (χ0n) is 17.8. The van der Waals surface area contributed by atoms with Crippen LogP contribution >= 0.6 is 11.8 Å². The lowest BCUT2D eigenvalue weighted by Gasteiger charge is -2.23. The first-order valence-electron chi connectivity index (χ1n) is 10.4. The number of amides is 1. The fraction of sp³-hybridized carbons (Fsp3) is 0.522. The fourth-order valence-electron chi connectivity index (χ4n) is 3.50. The summed E-state index contributed by atoms with van der Waals surface area (Å²) in [6.45, 7) is 8.35. The van der Waals surface area contributed by atoms with E-state index >= 15 is 0 Å². The molecule has 1 amide bonds. The molecular formula is C23H31N3O2S. The van der Waals surface area contributed by atoms with E-state index in [1.807, 2.05) is 52.0 Å². The van der Waals surface area contributed by atoms with Gasteiger partial charge in [-0.2, -0.15) is 0 Å². The minimum Gasteiger partial charge on any atom is -0.351 e. The van der Waals surface area contributed by atoms with Crippen molar-refractivity contribution >= 4 is 28.6 Å². The first kappa shape index (κ1) is 21.6. The van der Waals surface area contributed by atoms with Crippen LogP contribution in [0.3, 0.4) is 0 Å². The van der Waals surface area contributed by atoms with Gasteiger partial charge in [0.05, 0.1) is 16.2 Å². The molecule has 1 aliphatic rings. The lowest BCUT2D eigenvalue weighted by atomic mass is 9.97. The fourth-order valence-corrected chi connectivity index (χ4v) is 4.44. The molecule has 1 aromatic heterocycles. The number of fused-ring (bicyclic) bond motifs is 1. The summed E-state index contributed by atoms with van der Waals surface area (Å²) in [4.78, 5) is 30.5. The highest BCUT2D eigenvalue weighted by molar-refractivity contribution is 8.00. The average Bonchev–Trinajstić information content (AvgIpc) is 2.67. The summed E-state index contributed by atoms with van der Waals surface area (Å²) in [6.07, 6.45) is 7.89. The minimum absolute atomic E-state index is 0.0297. The number of nitrogens with one attached hydrogen (secondary N) is 1. The van der Waals surface area contributed by atoms with Crippen LogP contribution in [0.2, 0.25) is 0 Å². The van der Waals surface area contributed by atoms with Crippen LogP contribution in [-0.2, 0) is 11.3 Å². The largest absolute Gasteiger partial charge is 0.351 e. The molecule has 1 atom stereocenters. The molecule has 0 radical (unpaired) electrons. The summed E-state index contributed by atoms with van der Waals surface area (Å²) in [5, 5.41) is 3.90. The van der Waals surface area contributed by atoms with Crippen LogP contribution in [0.25, 0.3) is 10.9 Å². The highest BCUT2D eigenvalue weighted by Gasteiger charge is 2.23. The van der Waals surface area contributed by atoms with Gasteiger partial charge in [0, 0.05) is 12.1 Å². The van der Waals surface area contributed by atoms with E-state index in [0.29, 0.717) is 22.6 Å². The monoisotopic (exact) mass is 413 g/mol. The lowest BCUT2D eigenvalue weighted by molar-refractivity contribution is -0.121. The summed E-state index contributed by atoms with van der Waals surface area (Å²) < 4.78 is 1.75. The van der Waals surface area contributed by atoms with Gasteiger partial charge in [-0.05, 0) is 71.9 Å². The molecule has 5 nitrogen and oxygen atoms in total. The second-order valence-corrected chi connectivity index (χ2v) is 10.0. The molecule has 1 aromatic carbocycles. The van der Waals surface area contributed by atoms with Gasteiger partial charge in [-0.1, -0.05) is 35.5 Å². The van der Waals surface area contributed by atoms with Gasteiger partial charge in [0.2, 0.25) is 5.91 Å². The van der Waals surface area contributed by atoms with E-state index in [9.17, 15) is 9.59 Å². The van der Waals surface area contributed by atoms with Crippen molar-refractivity contribution in [3.8, 4) is 0 Å². The maximum atomic E-state index is 13.2. The van der Waals surface area contributed by atoms with Gasteiger partial charge in [-0.25, -0.2) is 4.98 Å². The van der Waals surface area contributed by atoms with Crippen LogP contribution in [0.4, 0.5) is 0 Å². The Morgan fingerprint density at radius 1 is 1.28 bits per heavy atom. The molecule has 0 saturated heterocycles. The van der Waals surface area contributed by atoms with E-state index in [2.05, 4.69) is 11.4 Å². The van der Waals surface area contributed by atoms with Gasteiger partial charge in [-0.15, -0.1) is 0 Å². The molecule has 1 heterocycles. The second kappa shape index (κ2) is 9.16. The van der Waals surface area contributed by atoms with E-state index < -0.39 is 0 Å². The van der Waals surface area contributed by atoms with Crippen LogP contribution in [0.15, 0.2) is 45.9 Å². The van der Waals surface area contributed by atoms with E-state index in [1.54, 1.807) is 4.57 Å². The standard InChI is InChI=1S/C23H31N3O2S/c1-16(20(27)25-23(2,3)4)29-22-24-19-13-9-8-12-18(19)21(28)26(22)15-14-17-10-6-5-7-11-17/h8-10,12-13,16H,5-7,11,14-15H2,1-4H3,(H,25,27). The summed E-state index contributed by atoms with van der Waals surface area (Å²) in [5.41, 5.74) is 1.77. The van der Waals surface area contributed by atoms with Crippen molar-refractivity contribution in [2.45, 2.75) is 82.3 Å². The quantitative estimate of drug-likeness (QED) is 0.424. The minimum atomic E-state index is -0.345. The van der Waals surface area contributed by atoms with Gasteiger partial charge < -0.3 is 5.32 Å². The van der Waals surface area contributed by atoms with E-state index in [-0.39, 0.29) is 22.3 Å². The third kappa shape index (κ3) is 5.72. The summed E-state index contributed by atoms with van der Waals surface area (Å²) in [7, 11) is 0. The number of hydrogen-bond donors (Lipinski definition) is 1. The summed E-state index contributed by atoms with van der Waals surface area (Å²) >= 11 is 1.35. The first-order valence-corrected chi connectivity index (χ1v) is 11.3. The van der Waals surface area contributed by atoms with Crippen molar-refractivity contribution < 1.29 is 4.79 Å². The average molecular weight is 414 g/mol. The highest BCUT2D eigenvalue weighted by Crippen LogP contribution is 2.25. The number of aromatic nitrogens is 2. The smallest absolute Gasteiger partial charge is 0.262 e. The van der Waals surface area contributed by atoms with Crippen LogP contribution in [0.1, 0.15) is 59.8 Å². The Morgan fingerprint density at radius 2 is 2.03 bits per heavy atom. The molecule has 1 N–H and O–H groups in total. The van der Waals surface area contributed by atoms with E-state index in [1.165, 1.54) is 30.2 Å². The molecule has 0 bridgehead atoms. The van der Waals surface area contributed by atoms with E-state index in [4.69, 9.17) is 4.98 Å². The Labute approximate surface area is 177 Å². The molecule has 0 saturated carbocycles. The second-order valence-electron chi connectivity index (χ2n) is 8.73. The molecule has 156 valence electrons. The molecule has 2 aromatic rings. The van der Waals surface area contributed by atoms with Crippen molar-refractivity contribution in [1.82, 2.24) is 14.9 Å². The van der Waals surface area contributed by atoms with Gasteiger partial charge >= 0.3 is 0 Å². The first-order chi connectivity index (χ1) is 13.7. The summed E-state index contributed by atoms with van der Waals surface area (Å²) in [6, 6.07) is 7.43. The molecule has 1 unspecified atom stereocenters. The Balaban J connectivity index is 1.90. The third-order valence-electron chi connectivity index (χ3n) is 5.02. The number of allylic oxidation sites excluding steroid dienone is 2. The normalized spacial score (nSPS) is 15.8. The zero-order valence-corrected chi connectivity index (χ0v) is 18.6. The van der Waals surface area contributed by atoms with E-state index in [0.717, 1.165) is 19.3 Å². The van der Waals surface area contributed by atoms with Gasteiger partial charge in [0.25, 0.3) is 5.56 Å². The Hall–Kier alpha value is -2.08. The molecular weight excluding hydrogens is 382 g/mol. The van der Waals surface area contributed by atoms with Gasteiger partial charge in [0.15, 0.2) is 5.16 Å². The van der Waals surface area contributed by atoms with Crippen molar-refractivity contribution in [2.24, 2.45) is 0 Å². The van der Waals surface area contributed by atoms with Crippen molar-refractivity contribution in [1.29, 1.82) is 0 Å². The van der Waals surface area contributed by atoms with Crippen LogP contribution < -0.4 is 10.9 Å². The SMILES string of the molecule is CC(Sc1nc2ccccc2c(=O)n1CCC1=CCCCC1)C(=O)NC(C)(C)C. The van der Waals surface area contributed by atoms with Crippen LogP contribution in [-0.4, -0.2) is 26.2 Å². The molecule has 0 aliphatic heterocycles. The van der Waals surface area contributed by atoms with Crippen LogP contribution in [0, 0.1) is 0 Å². The topological polar surface area (TPSA) is 64.0 Å². The molecule has 0 spiro atoms. The number of para-hydroxylation sites is 1. The molecule has 3 rings (SSSR count). The number of benzene rings is 1. The van der Waals surface area contributed by atoms with Crippen molar-refractivity contribution in [3.63, 3.8) is 0 Å². The number of thioether (sulfide) groups is 1. The third-order valence-corrected chi connectivity index (χ3v) is 6.11.